The Morgan fingerprint density at radius 3 is 2.64 bits per heavy atom. The van der Waals surface area contributed by atoms with Gasteiger partial charge in [0.1, 0.15) is 6.29 Å². The molecular formula is C10H8O3S. The third kappa shape index (κ3) is 1.11. The van der Waals surface area contributed by atoms with Gasteiger partial charge in [-0.1, -0.05) is 6.07 Å². The second kappa shape index (κ2) is 2.78. The molecule has 72 valence electrons. The van der Waals surface area contributed by atoms with E-state index < -0.39 is 9.84 Å². The molecule has 1 aromatic carbocycles. The molecular weight excluding hydrogens is 200 g/mol. The number of allylic oxidation sites excluding steroid dienone is 1. The van der Waals surface area contributed by atoms with Crippen molar-refractivity contribution in [3.63, 3.8) is 0 Å². The van der Waals surface area contributed by atoms with Crippen LogP contribution in [0.15, 0.2) is 28.0 Å². The molecule has 1 heterocycles. The first kappa shape index (κ1) is 9.15. The van der Waals surface area contributed by atoms with Crippen LogP contribution in [0.4, 0.5) is 0 Å². The molecule has 14 heavy (non-hydrogen) atoms. The van der Waals surface area contributed by atoms with Gasteiger partial charge in [-0.3, -0.25) is 4.79 Å². The van der Waals surface area contributed by atoms with Gasteiger partial charge in [-0.05, 0) is 30.7 Å². The molecule has 0 atom stereocenters. The number of fused-ring (bicyclic) bond motifs is 1. The van der Waals surface area contributed by atoms with E-state index in [2.05, 4.69) is 0 Å². The van der Waals surface area contributed by atoms with Crippen LogP contribution in [0.1, 0.15) is 22.8 Å². The minimum atomic E-state index is -3.26. The van der Waals surface area contributed by atoms with Crippen LogP contribution < -0.4 is 0 Å². The minimum absolute atomic E-state index is 0.292. The van der Waals surface area contributed by atoms with Crippen LogP contribution in [0.25, 0.3) is 6.08 Å². The fourth-order valence-electron chi connectivity index (χ4n) is 1.47. The third-order valence-electron chi connectivity index (χ3n) is 2.24. The zero-order chi connectivity index (χ0) is 10.3. The minimum Gasteiger partial charge on any atom is -0.298 e. The molecule has 1 aliphatic heterocycles. The third-order valence-corrected chi connectivity index (χ3v) is 4.16. The van der Waals surface area contributed by atoms with Crippen LogP contribution in [0.5, 0.6) is 0 Å². The normalized spacial score (nSPS) is 17.4. The van der Waals surface area contributed by atoms with Crippen molar-refractivity contribution in [1.82, 2.24) is 0 Å². The second-order valence-corrected chi connectivity index (χ2v) is 5.26. The summed E-state index contributed by atoms with van der Waals surface area (Å²) >= 11 is 0. The molecule has 1 aliphatic rings. The van der Waals surface area contributed by atoms with Crippen molar-refractivity contribution in [3.05, 3.63) is 34.2 Å². The topological polar surface area (TPSA) is 51.2 Å². The molecule has 1 aromatic rings. The molecule has 0 spiro atoms. The first-order valence-corrected chi connectivity index (χ1v) is 5.56. The van der Waals surface area contributed by atoms with Gasteiger partial charge in [-0.2, -0.15) is 0 Å². The lowest BCUT2D eigenvalue weighted by Crippen LogP contribution is -1.97. The van der Waals surface area contributed by atoms with Gasteiger partial charge in [-0.15, -0.1) is 0 Å². The Labute approximate surface area is 82.0 Å². The van der Waals surface area contributed by atoms with E-state index in [1.54, 1.807) is 19.1 Å². The fraction of sp³-hybridized carbons (Fsp3) is 0.100. The largest absolute Gasteiger partial charge is 0.298 e. The second-order valence-electron chi connectivity index (χ2n) is 3.17. The van der Waals surface area contributed by atoms with E-state index in [0.717, 1.165) is 0 Å². The number of benzene rings is 1. The number of aldehydes is 1. The summed E-state index contributed by atoms with van der Waals surface area (Å²) in [4.78, 5) is 11.1. The maximum absolute atomic E-state index is 11.6. The molecule has 0 bridgehead atoms. The summed E-state index contributed by atoms with van der Waals surface area (Å²) < 4.78 is 23.3. The van der Waals surface area contributed by atoms with Crippen molar-refractivity contribution in [2.24, 2.45) is 0 Å². The SMILES string of the molecule is CC1=Cc2cc(C=O)ccc2S1(=O)=O. The Bertz CT molecular complexity index is 538. The van der Waals surface area contributed by atoms with Gasteiger partial charge in [-0.25, -0.2) is 8.42 Å². The molecule has 0 unspecified atom stereocenters. The van der Waals surface area contributed by atoms with Crippen molar-refractivity contribution in [2.75, 3.05) is 0 Å². The van der Waals surface area contributed by atoms with Gasteiger partial charge < -0.3 is 0 Å². The van der Waals surface area contributed by atoms with Crippen molar-refractivity contribution in [2.45, 2.75) is 11.8 Å². The van der Waals surface area contributed by atoms with Crippen molar-refractivity contribution < 1.29 is 13.2 Å². The van der Waals surface area contributed by atoms with Gasteiger partial charge in [0.2, 0.25) is 9.84 Å². The van der Waals surface area contributed by atoms with Crippen molar-refractivity contribution in [1.29, 1.82) is 0 Å². The lowest BCUT2D eigenvalue weighted by molar-refractivity contribution is 0.112. The first-order valence-electron chi connectivity index (χ1n) is 4.08. The summed E-state index contributed by atoms with van der Waals surface area (Å²) in [5, 5.41) is 0. The molecule has 0 N–H and O–H groups in total. The zero-order valence-corrected chi connectivity index (χ0v) is 8.34. The van der Waals surface area contributed by atoms with E-state index >= 15 is 0 Å². The molecule has 0 aromatic heterocycles. The highest BCUT2D eigenvalue weighted by Crippen LogP contribution is 2.32. The Balaban J connectivity index is 2.74. The number of hydrogen-bond donors (Lipinski definition) is 0. The van der Waals surface area contributed by atoms with Crippen molar-refractivity contribution >= 4 is 22.2 Å². The summed E-state index contributed by atoms with van der Waals surface area (Å²) in [5.41, 5.74) is 1.09. The summed E-state index contributed by atoms with van der Waals surface area (Å²) in [6.45, 7) is 1.55. The van der Waals surface area contributed by atoms with E-state index in [1.807, 2.05) is 0 Å². The monoisotopic (exact) mass is 208 g/mol. The summed E-state index contributed by atoms with van der Waals surface area (Å²) in [5.74, 6) is 0. The average molecular weight is 208 g/mol. The van der Waals surface area contributed by atoms with Gasteiger partial charge in [0.15, 0.2) is 0 Å². The number of carbonyl (C=O) groups is 1. The van der Waals surface area contributed by atoms with E-state index in [1.165, 1.54) is 12.1 Å². The van der Waals surface area contributed by atoms with Crippen molar-refractivity contribution in [3.8, 4) is 0 Å². The molecule has 0 saturated heterocycles. The number of hydrogen-bond acceptors (Lipinski definition) is 3. The number of carbonyl (C=O) groups excluding carboxylic acids is 1. The number of sulfone groups is 1. The van der Waals surface area contributed by atoms with Crippen LogP contribution in [-0.2, 0) is 9.84 Å². The smallest absolute Gasteiger partial charge is 0.203 e. The van der Waals surface area contributed by atoms with Crippen LogP contribution in [0.2, 0.25) is 0 Å². The summed E-state index contributed by atoms with van der Waals surface area (Å²) in [6.07, 6.45) is 2.28. The van der Waals surface area contributed by atoms with E-state index in [0.29, 0.717) is 27.2 Å². The maximum atomic E-state index is 11.6. The van der Waals surface area contributed by atoms with Gasteiger partial charge in [0.25, 0.3) is 0 Å². The zero-order valence-electron chi connectivity index (χ0n) is 7.52. The quantitative estimate of drug-likeness (QED) is 0.659. The van der Waals surface area contributed by atoms with Crippen LogP contribution in [0.3, 0.4) is 0 Å². The Kier molecular flexibility index (Phi) is 1.82. The van der Waals surface area contributed by atoms with Gasteiger partial charge in [0, 0.05) is 10.5 Å². The van der Waals surface area contributed by atoms with Crippen LogP contribution in [0, 0.1) is 0 Å². The predicted molar refractivity (Wildman–Crippen MR) is 52.7 cm³/mol. The fourth-order valence-corrected chi connectivity index (χ4v) is 2.77. The van der Waals surface area contributed by atoms with E-state index in [4.69, 9.17) is 0 Å². The molecule has 0 aliphatic carbocycles. The lowest BCUT2D eigenvalue weighted by atomic mass is 10.1. The molecule has 0 fully saturated rings. The number of rotatable bonds is 1. The van der Waals surface area contributed by atoms with Crippen LogP contribution >= 0.6 is 0 Å². The highest BCUT2D eigenvalue weighted by Gasteiger charge is 2.26. The summed E-state index contributed by atoms with van der Waals surface area (Å²) in [7, 11) is -3.26. The maximum Gasteiger partial charge on any atom is 0.203 e. The van der Waals surface area contributed by atoms with Gasteiger partial charge >= 0.3 is 0 Å². The van der Waals surface area contributed by atoms with E-state index in [-0.39, 0.29) is 0 Å². The Morgan fingerprint density at radius 2 is 2.00 bits per heavy atom. The molecule has 2 rings (SSSR count). The van der Waals surface area contributed by atoms with E-state index in [9.17, 15) is 13.2 Å². The first-order chi connectivity index (χ1) is 6.55. The Hall–Kier alpha value is -1.42. The summed E-state index contributed by atoms with van der Waals surface area (Å²) in [6, 6.07) is 4.56. The average Bonchev–Trinajstić information content (AvgIpc) is 2.38. The van der Waals surface area contributed by atoms with Gasteiger partial charge in [0.05, 0.1) is 4.90 Å². The molecule has 0 saturated carbocycles. The molecule has 4 heteroatoms. The predicted octanol–water partition coefficient (Wildman–Crippen LogP) is 1.65. The highest BCUT2D eigenvalue weighted by atomic mass is 32.2. The Morgan fingerprint density at radius 1 is 1.29 bits per heavy atom. The molecule has 0 radical (unpaired) electrons. The highest BCUT2D eigenvalue weighted by molar-refractivity contribution is 7.95. The lowest BCUT2D eigenvalue weighted by Gasteiger charge is -1.99. The standard InChI is InChI=1S/C10H8O3S/c1-7-4-9-5-8(6-11)2-3-10(9)14(7,12)13/h2-6H,1H3. The molecule has 3 nitrogen and oxygen atoms in total. The van der Waals surface area contributed by atoms with Crippen LogP contribution in [-0.4, -0.2) is 14.7 Å². The molecule has 0 amide bonds.